The molecule has 1 aliphatic rings. The summed E-state index contributed by atoms with van der Waals surface area (Å²) in [6, 6.07) is 8.59. The maximum atomic E-state index is 5.45. The molecule has 0 amide bonds. The Labute approximate surface area is 138 Å². The minimum absolute atomic E-state index is 0.749. The average molecular weight is 311 g/mol. The van der Waals surface area contributed by atoms with Crippen molar-refractivity contribution in [3.05, 3.63) is 41.1 Å². The molecule has 0 saturated carbocycles. The molecule has 1 fully saturated rings. The lowest BCUT2D eigenvalue weighted by atomic mass is 10.00. The third-order valence-corrected chi connectivity index (χ3v) is 4.29. The van der Waals surface area contributed by atoms with Crippen molar-refractivity contribution in [2.24, 2.45) is 0 Å². The highest BCUT2D eigenvalue weighted by Crippen LogP contribution is 2.28. The second kappa shape index (κ2) is 7.09. The van der Waals surface area contributed by atoms with E-state index < -0.39 is 0 Å². The van der Waals surface area contributed by atoms with E-state index in [9.17, 15) is 0 Å². The molecule has 0 radical (unpaired) electrons. The minimum Gasteiger partial charge on any atom is -0.378 e. The summed E-state index contributed by atoms with van der Waals surface area (Å²) in [6.45, 7) is 9.66. The normalized spacial score (nSPS) is 15.0. The van der Waals surface area contributed by atoms with Crippen molar-refractivity contribution in [3.63, 3.8) is 0 Å². The molecule has 0 N–H and O–H groups in total. The van der Waals surface area contributed by atoms with Crippen molar-refractivity contribution >= 4 is 5.95 Å². The number of ether oxygens (including phenoxy) is 1. The molecular weight excluding hydrogens is 286 g/mol. The van der Waals surface area contributed by atoms with E-state index in [1.807, 2.05) is 0 Å². The molecule has 3 rings (SSSR count). The Morgan fingerprint density at radius 3 is 2.61 bits per heavy atom. The van der Waals surface area contributed by atoms with Crippen LogP contribution in [0, 0.1) is 13.8 Å². The Bertz CT molecular complexity index is 678. The summed E-state index contributed by atoms with van der Waals surface area (Å²) >= 11 is 0. The van der Waals surface area contributed by atoms with Crippen LogP contribution >= 0.6 is 0 Å². The highest BCUT2D eigenvalue weighted by atomic mass is 16.5. The van der Waals surface area contributed by atoms with Gasteiger partial charge in [-0.15, -0.1) is 0 Å². The molecule has 1 saturated heterocycles. The zero-order chi connectivity index (χ0) is 16.2. The van der Waals surface area contributed by atoms with Crippen LogP contribution < -0.4 is 4.90 Å². The van der Waals surface area contributed by atoms with Crippen LogP contribution in [0.2, 0.25) is 0 Å². The monoisotopic (exact) mass is 311 g/mol. The van der Waals surface area contributed by atoms with Crippen LogP contribution in [-0.2, 0) is 11.2 Å². The van der Waals surface area contributed by atoms with Crippen LogP contribution in [0.25, 0.3) is 11.3 Å². The highest BCUT2D eigenvalue weighted by Gasteiger charge is 2.18. The Kier molecular flexibility index (Phi) is 4.91. The summed E-state index contributed by atoms with van der Waals surface area (Å²) in [7, 11) is 0. The van der Waals surface area contributed by atoms with Gasteiger partial charge in [0.05, 0.1) is 18.9 Å². The van der Waals surface area contributed by atoms with Crippen molar-refractivity contribution in [2.45, 2.75) is 33.6 Å². The Hall–Kier alpha value is -1.94. The van der Waals surface area contributed by atoms with Crippen LogP contribution in [0.1, 0.15) is 30.2 Å². The lowest BCUT2D eigenvalue weighted by Crippen LogP contribution is -2.37. The van der Waals surface area contributed by atoms with Crippen molar-refractivity contribution in [1.29, 1.82) is 0 Å². The average Bonchev–Trinajstić information content (AvgIpc) is 2.57. The zero-order valence-corrected chi connectivity index (χ0v) is 14.3. The molecule has 0 bridgehead atoms. The van der Waals surface area contributed by atoms with Gasteiger partial charge in [-0.3, -0.25) is 0 Å². The second-order valence-corrected chi connectivity index (χ2v) is 6.16. The number of hydrogen-bond donors (Lipinski definition) is 0. The molecule has 0 unspecified atom stereocenters. The molecule has 4 nitrogen and oxygen atoms in total. The zero-order valence-electron chi connectivity index (χ0n) is 14.3. The molecule has 1 aromatic carbocycles. The number of anilines is 1. The number of nitrogens with zero attached hydrogens (tertiary/aromatic N) is 3. The van der Waals surface area contributed by atoms with E-state index in [1.165, 1.54) is 16.7 Å². The smallest absolute Gasteiger partial charge is 0.226 e. The van der Waals surface area contributed by atoms with Crippen molar-refractivity contribution in [2.75, 3.05) is 31.2 Å². The van der Waals surface area contributed by atoms with Crippen LogP contribution in [0.5, 0.6) is 0 Å². The van der Waals surface area contributed by atoms with Gasteiger partial charge < -0.3 is 9.64 Å². The van der Waals surface area contributed by atoms with Crippen molar-refractivity contribution in [1.82, 2.24) is 9.97 Å². The molecule has 1 aliphatic heterocycles. The molecule has 122 valence electrons. The predicted molar refractivity (Wildman–Crippen MR) is 94.0 cm³/mol. The van der Waals surface area contributed by atoms with Gasteiger partial charge in [0.25, 0.3) is 0 Å². The Balaban J connectivity index is 2.08. The van der Waals surface area contributed by atoms with E-state index in [2.05, 4.69) is 49.9 Å². The lowest BCUT2D eigenvalue weighted by molar-refractivity contribution is 0.122. The van der Waals surface area contributed by atoms with Gasteiger partial charge in [-0.1, -0.05) is 37.1 Å². The van der Waals surface area contributed by atoms with Gasteiger partial charge in [0.2, 0.25) is 5.95 Å². The standard InChI is InChI=1S/C19H25N3O/c1-4-6-17-15(3)20-19(22-9-11-23-12-10-22)21-18(17)16-8-5-7-14(2)13-16/h5,7-8,13H,4,6,9-12H2,1-3H3. The highest BCUT2D eigenvalue weighted by molar-refractivity contribution is 5.66. The summed E-state index contributed by atoms with van der Waals surface area (Å²) in [5.74, 6) is 0.835. The maximum absolute atomic E-state index is 5.45. The van der Waals surface area contributed by atoms with Gasteiger partial charge in [-0.05, 0) is 31.9 Å². The molecule has 23 heavy (non-hydrogen) atoms. The van der Waals surface area contributed by atoms with E-state index in [1.54, 1.807) is 0 Å². The van der Waals surface area contributed by atoms with E-state index in [0.29, 0.717) is 0 Å². The van der Waals surface area contributed by atoms with E-state index in [-0.39, 0.29) is 0 Å². The minimum atomic E-state index is 0.749. The third kappa shape index (κ3) is 3.53. The molecule has 0 aliphatic carbocycles. The first kappa shape index (κ1) is 15.9. The first-order valence-corrected chi connectivity index (χ1v) is 8.46. The van der Waals surface area contributed by atoms with Crippen LogP contribution in [0.3, 0.4) is 0 Å². The van der Waals surface area contributed by atoms with Crippen molar-refractivity contribution < 1.29 is 4.74 Å². The number of aryl methyl sites for hydroxylation is 2. The van der Waals surface area contributed by atoms with Crippen molar-refractivity contribution in [3.8, 4) is 11.3 Å². The molecule has 4 heteroatoms. The van der Waals surface area contributed by atoms with Gasteiger partial charge in [0, 0.05) is 24.3 Å². The Morgan fingerprint density at radius 2 is 1.91 bits per heavy atom. The molecule has 0 spiro atoms. The lowest BCUT2D eigenvalue weighted by Gasteiger charge is -2.28. The summed E-state index contributed by atoms with van der Waals surface area (Å²) in [4.78, 5) is 12.0. The quantitative estimate of drug-likeness (QED) is 0.865. The molecule has 2 aromatic rings. The van der Waals surface area contributed by atoms with Crippen LogP contribution in [0.15, 0.2) is 24.3 Å². The summed E-state index contributed by atoms with van der Waals surface area (Å²) in [5.41, 5.74) is 5.90. The van der Waals surface area contributed by atoms with E-state index >= 15 is 0 Å². The number of benzene rings is 1. The molecular formula is C19H25N3O. The second-order valence-electron chi connectivity index (χ2n) is 6.16. The first-order valence-electron chi connectivity index (χ1n) is 8.46. The number of hydrogen-bond acceptors (Lipinski definition) is 4. The van der Waals surface area contributed by atoms with Gasteiger partial charge in [0.1, 0.15) is 0 Å². The third-order valence-electron chi connectivity index (χ3n) is 4.29. The van der Waals surface area contributed by atoms with E-state index in [4.69, 9.17) is 14.7 Å². The van der Waals surface area contributed by atoms with Gasteiger partial charge in [-0.2, -0.15) is 0 Å². The summed E-state index contributed by atoms with van der Waals surface area (Å²) in [5, 5.41) is 0. The topological polar surface area (TPSA) is 38.2 Å². The number of rotatable bonds is 4. The number of morpholine rings is 1. The fourth-order valence-electron chi connectivity index (χ4n) is 3.07. The van der Waals surface area contributed by atoms with E-state index in [0.717, 1.165) is 56.5 Å². The van der Waals surface area contributed by atoms with Gasteiger partial charge >= 0.3 is 0 Å². The van der Waals surface area contributed by atoms with Crippen LogP contribution in [-0.4, -0.2) is 36.3 Å². The maximum Gasteiger partial charge on any atom is 0.226 e. The largest absolute Gasteiger partial charge is 0.378 e. The molecule has 0 atom stereocenters. The predicted octanol–water partition coefficient (Wildman–Crippen LogP) is 3.55. The fraction of sp³-hybridized carbons (Fsp3) is 0.474. The fourth-order valence-corrected chi connectivity index (χ4v) is 3.07. The Morgan fingerprint density at radius 1 is 1.13 bits per heavy atom. The SMILES string of the molecule is CCCc1c(C)nc(N2CCOCC2)nc1-c1cccc(C)c1. The molecule has 1 aromatic heterocycles. The van der Waals surface area contributed by atoms with Gasteiger partial charge in [0.15, 0.2) is 0 Å². The summed E-state index contributed by atoms with van der Waals surface area (Å²) < 4.78 is 5.45. The van der Waals surface area contributed by atoms with Gasteiger partial charge in [-0.25, -0.2) is 9.97 Å². The summed E-state index contributed by atoms with van der Waals surface area (Å²) in [6.07, 6.45) is 2.11. The molecule has 2 heterocycles. The first-order chi connectivity index (χ1) is 11.2. The number of aromatic nitrogens is 2. The van der Waals surface area contributed by atoms with Crippen LogP contribution in [0.4, 0.5) is 5.95 Å².